The number of alkyl halides is 3. The Hall–Kier alpha value is -0.370. The lowest BCUT2D eigenvalue weighted by atomic mass is 9.66. The van der Waals surface area contributed by atoms with Gasteiger partial charge in [-0.05, 0) is 88.0 Å². The van der Waals surface area contributed by atoms with Gasteiger partial charge >= 0.3 is 0 Å². The molecule has 5 unspecified atom stereocenters. The number of hydrogen-bond acceptors (Lipinski definition) is 4. The molecule has 2 aliphatic heterocycles. The molecule has 2 aliphatic carbocycles. The third-order valence-corrected chi connectivity index (χ3v) is 9.61. The van der Waals surface area contributed by atoms with Gasteiger partial charge < -0.3 is 0 Å². The van der Waals surface area contributed by atoms with E-state index in [0.29, 0.717) is 43.3 Å². The van der Waals surface area contributed by atoms with Gasteiger partial charge in [-0.15, -0.1) is 0 Å². The van der Waals surface area contributed by atoms with Crippen molar-refractivity contribution in [2.45, 2.75) is 122 Å². The summed E-state index contributed by atoms with van der Waals surface area (Å²) >= 11 is 0. The molecule has 34 heavy (non-hydrogen) atoms. The van der Waals surface area contributed by atoms with E-state index in [1.165, 1.54) is 25.7 Å². The number of hydrogen-bond donors (Lipinski definition) is 3. The lowest BCUT2D eigenvalue weighted by molar-refractivity contribution is -0.0653. The summed E-state index contributed by atoms with van der Waals surface area (Å²) in [6.07, 6.45) is 8.41. The van der Waals surface area contributed by atoms with Crippen LogP contribution in [-0.2, 0) is 0 Å². The van der Waals surface area contributed by atoms with Gasteiger partial charge in [0.1, 0.15) is 0 Å². The first-order valence-corrected chi connectivity index (χ1v) is 14.0. The maximum absolute atomic E-state index is 15.9. The lowest BCUT2D eigenvalue weighted by Gasteiger charge is -2.46. The molecule has 6 atom stereocenters. The van der Waals surface area contributed by atoms with Crippen LogP contribution in [0.5, 0.6) is 0 Å². The molecule has 7 heteroatoms. The van der Waals surface area contributed by atoms with Crippen LogP contribution >= 0.6 is 0 Å². The van der Waals surface area contributed by atoms with E-state index < -0.39 is 18.0 Å². The summed E-state index contributed by atoms with van der Waals surface area (Å²) < 4.78 is 43.5. The lowest BCUT2D eigenvalue weighted by Crippen LogP contribution is -2.69. The molecule has 2 saturated heterocycles. The standard InChI is InChI=1S/C27H49F3N4/c1-26(2,3)21-9-6-5-8-19(21)16-31-24-23(28)25(33-17-32-24)34-15-7-10-22(34)18-11-13-20(14-12-18)27(4,29)30/h18-25,31-33H,5-17H2,1-4H3/t18?,19?,20?,21?,22-,23?,24?,25?/m1/s1. The molecule has 198 valence electrons. The predicted octanol–water partition coefficient (Wildman–Crippen LogP) is 5.50. The summed E-state index contributed by atoms with van der Waals surface area (Å²) in [6, 6.07) is 0.310. The minimum atomic E-state index is -2.58. The summed E-state index contributed by atoms with van der Waals surface area (Å²) in [6.45, 7) is 10.4. The van der Waals surface area contributed by atoms with E-state index >= 15 is 4.39 Å². The zero-order valence-electron chi connectivity index (χ0n) is 21.9. The summed E-state index contributed by atoms with van der Waals surface area (Å²) in [5.74, 6) is -1.38. The second-order valence-electron chi connectivity index (χ2n) is 12.9. The van der Waals surface area contributed by atoms with E-state index in [9.17, 15) is 8.78 Å². The maximum atomic E-state index is 15.9. The minimum Gasteiger partial charge on any atom is -0.299 e. The van der Waals surface area contributed by atoms with E-state index in [4.69, 9.17) is 0 Å². The smallest absolute Gasteiger partial charge is 0.248 e. The summed E-state index contributed by atoms with van der Waals surface area (Å²) in [7, 11) is 0. The van der Waals surface area contributed by atoms with Gasteiger partial charge in [-0.2, -0.15) is 0 Å². The van der Waals surface area contributed by atoms with Gasteiger partial charge in [0.2, 0.25) is 5.92 Å². The largest absolute Gasteiger partial charge is 0.299 e. The quantitative estimate of drug-likeness (QED) is 0.464. The van der Waals surface area contributed by atoms with Gasteiger partial charge in [0, 0.05) is 25.2 Å². The first-order chi connectivity index (χ1) is 16.1. The third-order valence-electron chi connectivity index (χ3n) is 9.61. The number of nitrogens with one attached hydrogen (secondary N) is 3. The molecular weight excluding hydrogens is 437 g/mol. The van der Waals surface area contributed by atoms with Crippen LogP contribution in [0.3, 0.4) is 0 Å². The van der Waals surface area contributed by atoms with Crippen molar-refractivity contribution in [3.63, 3.8) is 0 Å². The fourth-order valence-corrected chi connectivity index (χ4v) is 7.71. The highest BCUT2D eigenvalue weighted by atomic mass is 19.3. The fraction of sp³-hybridized carbons (Fsp3) is 1.00. The van der Waals surface area contributed by atoms with E-state index in [-0.39, 0.29) is 17.7 Å². The highest BCUT2D eigenvalue weighted by Crippen LogP contribution is 2.43. The van der Waals surface area contributed by atoms with Crippen molar-refractivity contribution < 1.29 is 13.2 Å². The zero-order chi connectivity index (χ0) is 24.5. The molecule has 2 heterocycles. The van der Waals surface area contributed by atoms with Crippen molar-refractivity contribution in [3.05, 3.63) is 0 Å². The molecule has 3 N–H and O–H groups in total. The average Bonchev–Trinajstić information content (AvgIpc) is 3.27. The van der Waals surface area contributed by atoms with E-state index in [0.717, 1.165) is 45.7 Å². The van der Waals surface area contributed by atoms with Gasteiger partial charge in [-0.3, -0.25) is 20.9 Å². The van der Waals surface area contributed by atoms with Gasteiger partial charge in [0.25, 0.3) is 0 Å². The number of halogens is 3. The predicted molar refractivity (Wildman–Crippen MR) is 132 cm³/mol. The minimum absolute atomic E-state index is 0.287. The molecule has 0 spiro atoms. The van der Waals surface area contributed by atoms with Crippen LogP contribution in [0.25, 0.3) is 0 Å². The number of rotatable bonds is 6. The summed E-state index contributed by atoms with van der Waals surface area (Å²) in [4.78, 5) is 2.34. The molecule has 2 saturated carbocycles. The molecule has 0 amide bonds. The van der Waals surface area contributed by atoms with Gasteiger partial charge in [0.15, 0.2) is 6.17 Å². The Morgan fingerprint density at radius 1 is 0.882 bits per heavy atom. The molecule has 4 rings (SSSR count). The highest BCUT2D eigenvalue weighted by molar-refractivity contribution is 4.97. The molecule has 4 nitrogen and oxygen atoms in total. The van der Waals surface area contributed by atoms with Gasteiger partial charge in [-0.25, -0.2) is 13.2 Å². The molecule has 4 fully saturated rings. The summed E-state index contributed by atoms with van der Waals surface area (Å²) in [5.41, 5.74) is 0.287. The Morgan fingerprint density at radius 2 is 1.59 bits per heavy atom. The van der Waals surface area contributed by atoms with Crippen LogP contribution in [0.15, 0.2) is 0 Å². The van der Waals surface area contributed by atoms with E-state index in [1.807, 2.05) is 0 Å². The molecule has 0 aromatic carbocycles. The first kappa shape index (κ1) is 26.7. The van der Waals surface area contributed by atoms with Crippen LogP contribution in [0, 0.1) is 29.1 Å². The van der Waals surface area contributed by atoms with Crippen molar-refractivity contribution in [1.82, 2.24) is 20.9 Å². The maximum Gasteiger partial charge on any atom is 0.248 e. The molecule has 0 aromatic heterocycles. The van der Waals surface area contributed by atoms with Crippen LogP contribution in [0.2, 0.25) is 0 Å². The fourth-order valence-electron chi connectivity index (χ4n) is 7.71. The monoisotopic (exact) mass is 486 g/mol. The Balaban J connectivity index is 1.33. The van der Waals surface area contributed by atoms with Crippen molar-refractivity contribution in [2.24, 2.45) is 29.1 Å². The molecule has 0 bridgehead atoms. The van der Waals surface area contributed by atoms with Crippen molar-refractivity contribution >= 4 is 0 Å². The average molecular weight is 487 g/mol. The summed E-state index contributed by atoms with van der Waals surface area (Å²) in [5, 5.41) is 10.3. The van der Waals surface area contributed by atoms with Crippen LogP contribution in [0.4, 0.5) is 13.2 Å². The topological polar surface area (TPSA) is 39.3 Å². The van der Waals surface area contributed by atoms with Crippen molar-refractivity contribution in [2.75, 3.05) is 19.8 Å². The van der Waals surface area contributed by atoms with Crippen LogP contribution < -0.4 is 16.0 Å². The van der Waals surface area contributed by atoms with Gasteiger partial charge in [0.05, 0.1) is 12.3 Å². The molecule has 0 radical (unpaired) electrons. The van der Waals surface area contributed by atoms with Crippen LogP contribution in [-0.4, -0.2) is 55.1 Å². The Labute approximate surface area is 205 Å². The Morgan fingerprint density at radius 3 is 2.26 bits per heavy atom. The first-order valence-electron chi connectivity index (χ1n) is 14.0. The second-order valence-corrected chi connectivity index (χ2v) is 12.9. The molecule has 4 aliphatic rings. The highest BCUT2D eigenvalue weighted by Gasteiger charge is 2.45. The van der Waals surface area contributed by atoms with E-state index in [1.54, 1.807) is 0 Å². The second kappa shape index (κ2) is 10.9. The molecule has 0 aromatic rings. The molecular formula is C27H49F3N4. The Kier molecular flexibility index (Phi) is 8.59. The number of likely N-dealkylation sites (tertiary alicyclic amines) is 1. The van der Waals surface area contributed by atoms with Gasteiger partial charge in [-0.1, -0.05) is 33.6 Å². The van der Waals surface area contributed by atoms with Crippen molar-refractivity contribution in [1.29, 1.82) is 0 Å². The van der Waals surface area contributed by atoms with E-state index in [2.05, 4.69) is 41.6 Å². The van der Waals surface area contributed by atoms with Crippen LogP contribution in [0.1, 0.15) is 91.9 Å². The third kappa shape index (κ3) is 6.12. The number of nitrogens with zero attached hydrogens (tertiary/aromatic N) is 1. The van der Waals surface area contributed by atoms with Crippen molar-refractivity contribution in [3.8, 4) is 0 Å². The normalized spacial score (nSPS) is 41.0. The Bertz CT molecular complexity index is 641. The zero-order valence-corrected chi connectivity index (χ0v) is 21.9. The SMILES string of the molecule is CC(C)(C)C1CCCCC1CNC1NCNC(N2CCC[C@@H]2C2CCC(C(C)(F)F)CC2)C1F.